The van der Waals surface area contributed by atoms with Crippen LogP contribution < -0.4 is 15.4 Å². The maximum absolute atomic E-state index is 11.5. The van der Waals surface area contributed by atoms with Crippen LogP contribution in [0, 0.1) is 6.92 Å². The van der Waals surface area contributed by atoms with Gasteiger partial charge >= 0.3 is 0 Å². The van der Waals surface area contributed by atoms with Crippen molar-refractivity contribution >= 4 is 39.8 Å². The van der Waals surface area contributed by atoms with E-state index in [1.165, 1.54) is 0 Å². The number of guanidine groups is 1. The van der Waals surface area contributed by atoms with E-state index < -0.39 is 9.84 Å². The molecule has 0 aliphatic rings. The van der Waals surface area contributed by atoms with Crippen LogP contribution in [0.25, 0.3) is 0 Å². The Morgan fingerprint density at radius 2 is 1.92 bits per heavy atom. The summed E-state index contributed by atoms with van der Waals surface area (Å²) in [4.78, 5) is 4.52. The zero-order chi connectivity index (χ0) is 18.0. The summed E-state index contributed by atoms with van der Waals surface area (Å²) in [6.07, 6.45) is 0. The Labute approximate surface area is 168 Å². The maximum Gasteiger partial charge on any atom is 0.191 e. The van der Waals surface area contributed by atoms with Gasteiger partial charge in [-0.2, -0.15) is 0 Å². The molecule has 25 heavy (non-hydrogen) atoms. The van der Waals surface area contributed by atoms with Crippen molar-refractivity contribution in [1.82, 2.24) is 10.6 Å². The van der Waals surface area contributed by atoms with Gasteiger partial charge in [0.15, 0.2) is 15.8 Å². The van der Waals surface area contributed by atoms with Crippen molar-refractivity contribution in [3.05, 3.63) is 29.3 Å². The van der Waals surface area contributed by atoms with Crippen molar-refractivity contribution in [3.63, 3.8) is 0 Å². The van der Waals surface area contributed by atoms with Crippen LogP contribution in [0.4, 0.5) is 0 Å². The molecule has 2 N–H and O–H groups in total. The Hall–Kier alpha value is -1.03. The molecule has 0 aromatic heterocycles. The molecule has 0 radical (unpaired) electrons. The molecule has 8 heteroatoms. The van der Waals surface area contributed by atoms with Crippen molar-refractivity contribution < 1.29 is 13.2 Å². The van der Waals surface area contributed by atoms with E-state index >= 15 is 0 Å². The zero-order valence-electron chi connectivity index (χ0n) is 15.5. The van der Waals surface area contributed by atoms with E-state index in [1.54, 1.807) is 6.92 Å². The van der Waals surface area contributed by atoms with E-state index in [2.05, 4.69) is 15.6 Å². The summed E-state index contributed by atoms with van der Waals surface area (Å²) in [5.41, 5.74) is 2.14. The number of halogens is 1. The fourth-order valence-electron chi connectivity index (χ4n) is 2.06. The average Bonchev–Trinajstić information content (AvgIpc) is 2.54. The lowest BCUT2D eigenvalue weighted by molar-refractivity contribution is 0.336. The summed E-state index contributed by atoms with van der Waals surface area (Å²) in [6, 6.07) is 6.04. The van der Waals surface area contributed by atoms with Gasteiger partial charge < -0.3 is 15.4 Å². The van der Waals surface area contributed by atoms with Gasteiger partial charge in [0, 0.05) is 24.4 Å². The molecule has 0 saturated carbocycles. The lowest BCUT2D eigenvalue weighted by Gasteiger charge is -2.13. The molecule has 0 bridgehead atoms. The summed E-state index contributed by atoms with van der Waals surface area (Å²) in [7, 11) is -2.98. The number of rotatable bonds is 9. The van der Waals surface area contributed by atoms with Crippen LogP contribution in [0.5, 0.6) is 5.75 Å². The van der Waals surface area contributed by atoms with Gasteiger partial charge in [0.1, 0.15) is 5.75 Å². The van der Waals surface area contributed by atoms with Crippen molar-refractivity contribution in [3.8, 4) is 5.75 Å². The zero-order valence-corrected chi connectivity index (χ0v) is 18.6. The molecule has 0 aliphatic carbocycles. The largest absolute Gasteiger partial charge is 0.494 e. The molecule has 0 atom stereocenters. The predicted molar refractivity (Wildman–Crippen MR) is 115 cm³/mol. The number of sulfone groups is 1. The van der Waals surface area contributed by atoms with Crippen LogP contribution in [0.2, 0.25) is 0 Å². The second-order valence-corrected chi connectivity index (χ2v) is 7.88. The summed E-state index contributed by atoms with van der Waals surface area (Å²) < 4.78 is 28.8. The number of ether oxygens (including phenoxy) is 1. The number of hydrogen-bond donors (Lipinski definition) is 2. The number of aryl methyl sites for hydroxylation is 1. The summed E-state index contributed by atoms with van der Waals surface area (Å²) >= 11 is 0. The molecule has 0 amide bonds. The van der Waals surface area contributed by atoms with E-state index in [1.807, 2.05) is 39.0 Å². The Morgan fingerprint density at radius 3 is 2.52 bits per heavy atom. The summed E-state index contributed by atoms with van der Waals surface area (Å²) in [6.45, 7) is 9.72. The number of benzene rings is 1. The summed E-state index contributed by atoms with van der Waals surface area (Å²) in [5, 5.41) is 6.19. The molecule has 0 saturated heterocycles. The molecule has 1 aromatic carbocycles. The SMILES string of the molecule is CCNC(=NCc1ccc(C)cc1OCC)NCCS(=O)(=O)CC.I. The monoisotopic (exact) mass is 483 g/mol. The Kier molecular flexibility index (Phi) is 11.8. The van der Waals surface area contributed by atoms with Crippen molar-refractivity contribution in [1.29, 1.82) is 0 Å². The van der Waals surface area contributed by atoms with Gasteiger partial charge in [-0.15, -0.1) is 24.0 Å². The minimum Gasteiger partial charge on any atom is -0.494 e. The molecule has 1 aromatic rings. The van der Waals surface area contributed by atoms with Gasteiger partial charge in [-0.3, -0.25) is 0 Å². The molecule has 144 valence electrons. The van der Waals surface area contributed by atoms with E-state index in [0.717, 1.165) is 16.9 Å². The quantitative estimate of drug-likeness (QED) is 0.321. The third-order valence-corrected chi connectivity index (χ3v) is 5.13. The van der Waals surface area contributed by atoms with Crippen LogP contribution in [-0.2, 0) is 16.4 Å². The van der Waals surface area contributed by atoms with Crippen molar-refractivity contribution in [2.45, 2.75) is 34.2 Å². The summed E-state index contributed by atoms with van der Waals surface area (Å²) in [5.74, 6) is 1.70. The minimum atomic E-state index is -2.98. The van der Waals surface area contributed by atoms with E-state index in [4.69, 9.17) is 4.74 Å². The lowest BCUT2D eigenvalue weighted by atomic mass is 10.1. The molecular formula is C17H30IN3O3S. The van der Waals surface area contributed by atoms with Crippen LogP contribution in [0.3, 0.4) is 0 Å². The minimum absolute atomic E-state index is 0. The topological polar surface area (TPSA) is 79.8 Å². The third kappa shape index (κ3) is 9.29. The van der Waals surface area contributed by atoms with Crippen LogP contribution in [-0.4, -0.2) is 45.6 Å². The predicted octanol–water partition coefficient (Wildman–Crippen LogP) is 2.50. The Morgan fingerprint density at radius 1 is 1.20 bits per heavy atom. The van der Waals surface area contributed by atoms with Crippen molar-refractivity contribution in [2.75, 3.05) is 31.2 Å². The van der Waals surface area contributed by atoms with Gasteiger partial charge in [0.25, 0.3) is 0 Å². The highest BCUT2D eigenvalue weighted by atomic mass is 127. The molecule has 0 fully saturated rings. The van der Waals surface area contributed by atoms with Crippen LogP contribution >= 0.6 is 24.0 Å². The Balaban J connectivity index is 0.00000576. The van der Waals surface area contributed by atoms with Gasteiger partial charge in [-0.05, 0) is 32.4 Å². The van der Waals surface area contributed by atoms with Gasteiger partial charge in [0.05, 0.1) is 18.9 Å². The molecule has 6 nitrogen and oxygen atoms in total. The highest BCUT2D eigenvalue weighted by Gasteiger charge is 2.08. The van der Waals surface area contributed by atoms with Gasteiger partial charge in [-0.1, -0.05) is 19.1 Å². The van der Waals surface area contributed by atoms with Crippen LogP contribution in [0.1, 0.15) is 31.9 Å². The first kappa shape index (κ1) is 24.0. The van der Waals surface area contributed by atoms with E-state index in [0.29, 0.717) is 32.2 Å². The van der Waals surface area contributed by atoms with E-state index in [-0.39, 0.29) is 35.5 Å². The molecule has 1 rings (SSSR count). The molecular weight excluding hydrogens is 453 g/mol. The van der Waals surface area contributed by atoms with E-state index in [9.17, 15) is 8.42 Å². The first-order valence-corrected chi connectivity index (χ1v) is 10.2. The normalized spacial score (nSPS) is 11.6. The molecule has 0 spiro atoms. The van der Waals surface area contributed by atoms with Crippen LogP contribution in [0.15, 0.2) is 23.2 Å². The highest BCUT2D eigenvalue weighted by Crippen LogP contribution is 2.21. The van der Waals surface area contributed by atoms with Crippen molar-refractivity contribution in [2.24, 2.45) is 4.99 Å². The first-order chi connectivity index (χ1) is 11.4. The average molecular weight is 483 g/mol. The number of aliphatic imine (C=N–C) groups is 1. The fraction of sp³-hybridized carbons (Fsp3) is 0.588. The molecule has 0 heterocycles. The Bertz CT molecular complexity index is 649. The van der Waals surface area contributed by atoms with Gasteiger partial charge in [0.2, 0.25) is 0 Å². The lowest BCUT2D eigenvalue weighted by Crippen LogP contribution is -2.39. The smallest absolute Gasteiger partial charge is 0.191 e. The number of hydrogen-bond acceptors (Lipinski definition) is 4. The number of nitrogens with one attached hydrogen (secondary N) is 2. The molecule has 0 aliphatic heterocycles. The second kappa shape index (κ2) is 12.3. The van der Waals surface area contributed by atoms with Gasteiger partial charge in [-0.25, -0.2) is 13.4 Å². The fourth-order valence-corrected chi connectivity index (χ4v) is 2.76. The maximum atomic E-state index is 11.5. The molecule has 0 unspecified atom stereocenters. The standard InChI is InChI=1S/C17H29N3O3S.HI/c1-5-18-17(19-10-11-24(21,22)7-3)20-13-15-9-8-14(4)12-16(15)23-6-2;/h8-9,12H,5-7,10-11,13H2,1-4H3,(H2,18,19,20);1H. The third-order valence-electron chi connectivity index (χ3n) is 3.42. The second-order valence-electron chi connectivity index (χ2n) is 5.40. The first-order valence-electron chi connectivity index (χ1n) is 8.36. The number of nitrogens with zero attached hydrogens (tertiary/aromatic N) is 1. The highest BCUT2D eigenvalue weighted by molar-refractivity contribution is 14.0.